The summed E-state index contributed by atoms with van der Waals surface area (Å²) in [6.45, 7) is 0.244. The SMILES string of the molecule is COCCC(CO)NC(=O)[C@@H]1CC=CC[C@@H]1C(=O)O. The third kappa shape index (κ3) is 4.65. The molecule has 1 rings (SSSR count). The normalized spacial score (nSPS) is 23.9. The first-order valence-electron chi connectivity index (χ1n) is 6.38. The highest BCUT2D eigenvalue weighted by atomic mass is 16.5. The third-order valence-electron chi connectivity index (χ3n) is 3.32. The van der Waals surface area contributed by atoms with Crippen molar-refractivity contribution in [3.63, 3.8) is 0 Å². The molecule has 3 atom stereocenters. The lowest BCUT2D eigenvalue weighted by atomic mass is 9.82. The van der Waals surface area contributed by atoms with E-state index in [9.17, 15) is 14.7 Å². The maximum Gasteiger partial charge on any atom is 0.307 e. The quantitative estimate of drug-likeness (QED) is 0.573. The van der Waals surface area contributed by atoms with Gasteiger partial charge in [-0.15, -0.1) is 0 Å². The molecule has 1 unspecified atom stereocenters. The Morgan fingerprint density at radius 3 is 2.53 bits per heavy atom. The number of carbonyl (C=O) groups excluding carboxylic acids is 1. The minimum absolute atomic E-state index is 0.185. The second-order valence-corrected chi connectivity index (χ2v) is 4.66. The van der Waals surface area contributed by atoms with Gasteiger partial charge in [0.25, 0.3) is 0 Å². The number of nitrogens with one attached hydrogen (secondary N) is 1. The Morgan fingerprint density at radius 2 is 2.00 bits per heavy atom. The highest BCUT2D eigenvalue weighted by Crippen LogP contribution is 2.26. The van der Waals surface area contributed by atoms with E-state index in [1.54, 1.807) is 13.2 Å². The lowest BCUT2D eigenvalue weighted by molar-refractivity contribution is -0.147. The number of carbonyl (C=O) groups is 2. The molecule has 0 fully saturated rings. The number of hydrogen-bond acceptors (Lipinski definition) is 4. The fourth-order valence-corrected chi connectivity index (χ4v) is 2.15. The average Bonchev–Trinajstić information content (AvgIpc) is 2.43. The van der Waals surface area contributed by atoms with E-state index < -0.39 is 23.8 Å². The second-order valence-electron chi connectivity index (χ2n) is 4.66. The van der Waals surface area contributed by atoms with Crippen molar-refractivity contribution in [3.8, 4) is 0 Å². The summed E-state index contributed by atoms with van der Waals surface area (Å²) in [4.78, 5) is 23.2. The minimum atomic E-state index is -0.957. The summed E-state index contributed by atoms with van der Waals surface area (Å²) in [6.07, 6.45) is 4.91. The summed E-state index contributed by atoms with van der Waals surface area (Å²) in [5, 5.41) is 21.0. The fraction of sp³-hybridized carbons (Fsp3) is 0.692. The van der Waals surface area contributed by atoms with E-state index in [2.05, 4.69) is 5.32 Å². The molecule has 0 spiro atoms. The zero-order chi connectivity index (χ0) is 14.3. The van der Waals surface area contributed by atoms with Crippen LogP contribution in [0.5, 0.6) is 0 Å². The molecule has 1 aliphatic carbocycles. The number of carboxylic acid groups (broad SMARTS) is 1. The van der Waals surface area contributed by atoms with Crippen molar-refractivity contribution in [2.75, 3.05) is 20.3 Å². The first kappa shape index (κ1) is 15.7. The van der Waals surface area contributed by atoms with Crippen molar-refractivity contribution < 1.29 is 24.5 Å². The molecule has 6 nitrogen and oxygen atoms in total. The molecule has 0 saturated heterocycles. The van der Waals surface area contributed by atoms with Crippen LogP contribution in [-0.2, 0) is 14.3 Å². The van der Waals surface area contributed by atoms with Crippen LogP contribution in [0.2, 0.25) is 0 Å². The van der Waals surface area contributed by atoms with Crippen LogP contribution in [0.4, 0.5) is 0 Å². The number of aliphatic hydroxyl groups is 1. The molecule has 3 N–H and O–H groups in total. The van der Waals surface area contributed by atoms with E-state index in [-0.39, 0.29) is 12.5 Å². The molecule has 19 heavy (non-hydrogen) atoms. The average molecular weight is 271 g/mol. The van der Waals surface area contributed by atoms with Crippen molar-refractivity contribution in [1.29, 1.82) is 0 Å². The maximum absolute atomic E-state index is 12.1. The summed E-state index contributed by atoms with van der Waals surface area (Å²) in [6, 6.07) is -0.396. The Kier molecular flexibility index (Phi) is 6.52. The third-order valence-corrected chi connectivity index (χ3v) is 3.32. The molecule has 0 aromatic heterocycles. The van der Waals surface area contributed by atoms with Crippen molar-refractivity contribution in [1.82, 2.24) is 5.32 Å². The van der Waals surface area contributed by atoms with Crippen molar-refractivity contribution in [3.05, 3.63) is 12.2 Å². The smallest absolute Gasteiger partial charge is 0.307 e. The molecule has 0 aromatic rings. The molecule has 108 valence electrons. The number of methoxy groups -OCH3 is 1. The van der Waals surface area contributed by atoms with E-state index in [4.69, 9.17) is 9.84 Å². The van der Waals surface area contributed by atoms with Crippen LogP contribution in [0.3, 0.4) is 0 Å². The summed E-state index contributed by atoms with van der Waals surface area (Å²) >= 11 is 0. The zero-order valence-corrected chi connectivity index (χ0v) is 11.0. The zero-order valence-electron chi connectivity index (χ0n) is 11.0. The molecule has 0 aliphatic heterocycles. The fourth-order valence-electron chi connectivity index (χ4n) is 2.15. The second kappa shape index (κ2) is 7.91. The molecule has 0 bridgehead atoms. The van der Waals surface area contributed by atoms with Crippen LogP contribution in [0.15, 0.2) is 12.2 Å². The number of allylic oxidation sites excluding steroid dienone is 2. The van der Waals surface area contributed by atoms with Gasteiger partial charge >= 0.3 is 5.97 Å². The van der Waals surface area contributed by atoms with E-state index in [0.717, 1.165) is 0 Å². The van der Waals surface area contributed by atoms with E-state index in [0.29, 0.717) is 25.9 Å². The maximum atomic E-state index is 12.1. The van der Waals surface area contributed by atoms with Gasteiger partial charge in [0.2, 0.25) is 5.91 Å². The Balaban J connectivity index is 2.59. The van der Waals surface area contributed by atoms with Gasteiger partial charge in [-0.1, -0.05) is 12.2 Å². The summed E-state index contributed by atoms with van der Waals surface area (Å²) in [7, 11) is 1.54. The van der Waals surface area contributed by atoms with Gasteiger partial charge in [0, 0.05) is 13.7 Å². The number of carboxylic acids is 1. The van der Waals surface area contributed by atoms with Gasteiger partial charge in [-0.2, -0.15) is 0 Å². The summed E-state index contributed by atoms with van der Waals surface area (Å²) in [5.74, 6) is -2.53. The van der Waals surface area contributed by atoms with Gasteiger partial charge in [0.15, 0.2) is 0 Å². The topological polar surface area (TPSA) is 95.9 Å². The standard InChI is InChI=1S/C13H21NO5/c1-19-7-6-9(8-15)14-12(16)10-4-2-3-5-11(10)13(17)18/h2-3,9-11,15H,4-8H2,1H3,(H,14,16)(H,17,18)/t9?,10-,11+/m1/s1. The number of hydrogen-bond donors (Lipinski definition) is 3. The van der Waals surface area contributed by atoms with Crippen LogP contribution in [0.25, 0.3) is 0 Å². The lowest BCUT2D eigenvalue weighted by Gasteiger charge is -2.26. The van der Waals surface area contributed by atoms with Crippen LogP contribution in [0.1, 0.15) is 19.3 Å². The molecule has 0 saturated carbocycles. The number of ether oxygens (including phenoxy) is 1. The van der Waals surface area contributed by atoms with Gasteiger partial charge in [-0.25, -0.2) is 0 Å². The minimum Gasteiger partial charge on any atom is -0.481 e. The predicted molar refractivity (Wildman–Crippen MR) is 68.5 cm³/mol. The molecule has 6 heteroatoms. The van der Waals surface area contributed by atoms with E-state index >= 15 is 0 Å². The lowest BCUT2D eigenvalue weighted by Crippen LogP contribution is -2.45. The highest BCUT2D eigenvalue weighted by Gasteiger charge is 2.34. The predicted octanol–water partition coefficient (Wildman–Crippen LogP) is 0.167. The van der Waals surface area contributed by atoms with Crippen molar-refractivity contribution in [2.24, 2.45) is 11.8 Å². The summed E-state index contributed by atoms with van der Waals surface area (Å²) < 4.78 is 4.89. The van der Waals surface area contributed by atoms with E-state index in [1.807, 2.05) is 6.08 Å². The Hall–Kier alpha value is -1.40. The van der Waals surface area contributed by atoms with Crippen LogP contribution in [-0.4, -0.2) is 48.5 Å². The van der Waals surface area contributed by atoms with Crippen LogP contribution < -0.4 is 5.32 Å². The largest absolute Gasteiger partial charge is 0.481 e. The van der Waals surface area contributed by atoms with Crippen LogP contribution >= 0.6 is 0 Å². The molecular weight excluding hydrogens is 250 g/mol. The van der Waals surface area contributed by atoms with Crippen molar-refractivity contribution in [2.45, 2.75) is 25.3 Å². The van der Waals surface area contributed by atoms with Crippen LogP contribution in [0, 0.1) is 11.8 Å². The van der Waals surface area contributed by atoms with E-state index in [1.165, 1.54) is 0 Å². The molecule has 0 aromatic carbocycles. The first-order chi connectivity index (χ1) is 9.10. The summed E-state index contributed by atoms with van der Waals surface area (Å²) in [5.41, 5.74) is 0. The first-order valence-corrected chi connectivity index (χ1v) is 6.38. The molecule has 1 amide bonds. The molecule has 0 heterocycles. The molecule has 0 radical (unpaired) electrons. The Morgan fingerprint density at radius 1 is 1.37 bits per heavy atom. The Labute approximate surface area is 112 Å². The Bertz CT molecular complexity index is 342. The van der Waals surface area contributed by atoms with Crippen molar-refractivity contribution >= 4 is 11.9 Å². The molecule has 1 aliphatic rings. The van der Waals surface area contributed by atoms with Gasteiger partial charge in [0.05, 0.1) is 24.5 Å². The number of amides is 1. The van der Waals surface area contributed by atoms with Gasteiger partial charge in [-0.05, 0) is 19.3 Å². The van der Waals surface area contributed by atoms with Gasteiger partial charge < -0.3 is 20.3 Å². The number of aliphatic hydroxyl groups excluding tert-OH is 1. The highest BCUT2D eigenvalue weighted by molar-refractivity contribution is 5.85. The van der Waals surface area contributed by atoms with Gasteiger partial charge in [-0.3, -0.25) is 9.59 Å². The number of rotatable bonds is 7. The molecular formula is C13H21NO5. The van der Waals surface area contributed by atoms with Gasteiger partial charge in [0.1, 0.15) is 0 Å². The monoisotopic (exact) mass is 271 g/mol. The number of aliphatic carboxylic acids is 1.